The summed E-state index contributed by atoms with van der Waals surface area (Å²) in [7, 11) is -5.12. The number of amides is 1. The maximum atomic E-state index is 13.0. The van der Waals surface area contributed by atoms with E-state index >= 15 is 0 Å². The molecular weight excluding hydrogens is 755 g/mol. The van der Waals surface area contributed by atoms with Gasteiger partial charge in [0.25, 0.3) is 0 Å². The van der Waals surface area contributed by atoms with E-state index in [9.17, 15) is 38.7 Å². The number of aliphatic hydroxyl groups excluding tert-OH is 5. The number of nitrogens with one attached hydrogen (secondary N) is 1. The van der Waals surface area contributed by atoms with Gasteiger partial charge in [-0.25, -0.2) is 4.18 Å². The lowest BCUT2D eigenvalue weighted by atomic mass is 9.99. The molecule has 7 N–H and O–H groups in total. The van der Waals surface area contributed by atoms with Gasteiger partial charge in [-0.3, -0.25) is 9.35 Å². The van der Waals surface area contributed by atoms with Crippen LogP contribution in [0.15, 0.2) is 48.6 Å². The molecule has 0 aliphatic carbocycles. The highest BCUT2D eigenvalue weighted by Crippen LogP contribution is 2.26. The zero-order valence-corrected chi connectivity index (χ0v) is 35.6. The smallest absolute Gasteiger partial charge is 0.394 e. The Kier molecular flexibility index (Phi) is 31.5. The molecule has 332 valence electrons. The Morgan fingerprint density at radius 3 is 1.74 bits per heavy atom. The molecule has 0 bridgehead atoms. The van der Waals surface area contributed by atoms with Crippen LogP contribution in [0.4, 0.5) is 0 Å². The van der Waals surface area contributed by atoms with Crippen LogP contribution in [0.25, 0.3) is 0 Å². The van der Waals surface area contributed by atoms with Crippen molar-refractivity contribution in [3.8, 4) is 0 Å². The molecule has 1 rings (SSSR count). The first-order chi connectivity index (χ1) is 27.4. The third-order valence-corrected chi connectivity index (χ3v) is 10.4. The molecule has 13 nitrogen and oxygen atoms in total. The van der Waals surface area contributed by atoms with Crippen LogP contribution < -0.4 is 5.32 Å². The lowest BCUT2D eigenvalue weighted by molar-refractivity contribution is -0.298. The standard InChI is InChI=1S/C43H77NO12S/c1-3-5-7-9-11-13-15-16-17-18-19-20-21-22-24-25-27-29-31-36(46)35(44-42(50)37(47)32-30-28-26-23-14-12-10-8-6-4-2)34-54-43-40(49)41(56-57(51,52)53)39(48)38(33-45)55-43/h10,12,18-19,22,24,29,31,35-41,43,45-49H,3-9,11,13-17,20-21,23,25-28,30,32-34H2,1-2H3,(H,44,50)(H,51,52,53)/b12-10-,19-18+,24-22+,31-29+. The Labute approximate surface area is 343 Å². The summed E-state index contributed by atoms with van der Waals surface area (Å²) in [5, 5.41) is 54.9. The van der Waals surface area contributed by atoms with E-state index in [-0.39, 0.29) is 6.42 Å². The van der Waals surface area contributed by atoms with Crippen molar-refractivity contribution in [1.29, 1.82) is 0 Å². The van der Waals surface area contributed by atoms with Gasteiger partial charge < -0.3 is 40.3 Å². The summed E-state index contributed by atoms with van der Waals surface area (Å²) in [5.41, 5.74) is 0. The molecule has 1 amide bonds. The van der Waals surface area contributed by atoms with Crippen LogP contribution >= 0.6 is 0 Å². The Morgan fingerprint density at radius 2 is 1.19 bits per heavy atom. The van der Waals surface area contributed by atoms with Gasteiger partial charge in [0.2, 0.25) is 5.91 Å². The molecule has 0 spiro atoms. The van der Waals surface area contributed by atoms with E-state index in [1.54, 1.807) is 6.08 Å². The maximum Gasteiger partial charge on any atom is 0.397 e. The van der Waals surface area contributed by atoms with Crippen LogP contribution in [0.2, 0.25) is 0 Å². The van der Waals surface area contributed by atoms with Gasteiger partial charge in [0.05, 0.1) is 25.4 Å². The van der Waals surface area contributed by atoms with E-state index in [1.807, 2.05) is 0 Å². The molecule has 1 saturated heterocycles. The highest BCUT2D eigenvalue weighted by molar-refractivity contribution is 7.80. The minimum atomic E-state index is -5.12. The summed E-state index contributed by atoms with van der Waals surface area (Å²) in [6.07, 6.45) is 27.8. The van der Waals surface area contributed by atoms with Gasteiger partial charge in [0.1, 0.15) is 30.5 Å². The van der Waals surface area contributed by atoms with Crippen molar-refractivity contribution in [2.75, 3.05) is 13.2 Å². The lowest BCUT2D eigenvalue weighted by Gasteiger charge is -2.41. The van der Waals surface area contributed by atoms with Gasteiger partial charge in [-0.2, -0.15) is 8.42 Å². The van der Waals surface area contributed by atoms with Crippen molar-refractivity contribution in [3.05, 3.63) is 48.6 Å². The molecule has 1 aliphatic heterocycles. The van der Waals surface area contributed by atoms with Crippen LogP contribution in [-0.4, -0.2) is 107 Å². The minimum Gasteiger partial charge on any atom is -0.394 e. The molecule has 0 radical (unpaired) electrons. The summed E-state index contributed by atoms with van der Waals surface area (Å²) >= 11 is 0. The normalized spacial score (nSPS) is 22.3. The first kappa shape index (κ1) is 53.0. The number of allylic oxidation sites excluding steroid dienone is 7. The molecule has 0 aromatic carbocycles. The summed E-state index contributed by atoms with van der Waals surface area (Å²) in [5.74, 6) is -0.731. The van der Waals surface area contributed by atoms with E-state index in [4.69, 9.17) is 14.0 Å². The highest BCUT2D eigenvalue weighted by atomic mass is 32.3. The fourth-order valence-corrected chi connectivity index (χ4v) is 6.92. The van der Waals surface area contributed by atoms with Gasteiger partial charge in [-0.1, -0.05) is 140 Å². The number of rotatable bonds is 35. The molecule has 8 atom stereocenters. The summed E-state index contributed by atoms with van der Waals surface area (Å²) in [6.45, 7) is 3.11. The summed E-state index contributed by atoms with van der Waals surface area (Å²) in [4.78, 5) is 13.0. The monoisotopic (exact) mass is 832 g/mol. The second kappa shape index (κ2) is 33.8. The number of hydrogen-bond acceptors (Lipinski definition) is 11. The quantitative estimate of drug-likeness (QED) is 0.0203. The van der Waals surface area contributed by atoms with Gasteiger partial charge in [0.15, 0.2) is 6.29 Å². The van der Waals surface area contributed by atoms with Crippen LogP contribution in [0.1, 0.15) is 155 Å². The van der Waals surface area contributed by atoms with Crippen molar-refractivity contribution in [3.63, 3.8) is 0 Å². The molecule has 1 fully saturated rings. The predicted molar refractivity (Wildman–Crippen MR) is 224 cm³/mol. The zero-order chi connectivity index (χ0) is 42.2. The van der Waals surface area contributed by atoms with E-state index in [1.165, 1.54) is 70.3 Å². The Bertz CT molecular complexity index is 1230. The topological polar surface area (TPSA) is 212 Å². The fourth-order valence-electron chi connectivity index (χ4n) is 6.41. The van der Waals surface area contributed by atoms with Gasteiger partial charge >= 0.3 is 10.4 Å². The van der Waals surface area contributed by atoms with Crippen molar-refractivity contribution in [1.82, 2.24) is 5.32 Å². The number of hydrogen-bond donors (Lipinski definition) is 7. The summed E-state index contributed by atoms with van der Waals surface area (Å²) < 4.78 is 47.3. The minimum absolute atomic E-state index is 0.217. The first-order valence-electron chi connectivity index (χ1n) is 21.6. The highest BCUT2D eigenvalue weighted by Gasteiger charge is 2.48. The summed E-state index contributed by atoms with van der Waals surface area (Å²) in [6, 6.07) is -1.15. The van der Waals surface area contributed by atoms with Crippen molar-refractivity contribution >= 4 is 16.3 Å². The maximum absolute atomic E-state index is 13.0. The molecule has 57 heavy (non-hydrogen) atoms. The second-order valence-electron chi connectivity index (χ2n) is 15.0. The SMILES string of the molecule is CCCC/C=C\CCCCCCC(O)C(=O)NC(COC1OC(CO)C(O)C(OS(=O)(=O)O)C1O)C(O)/C=C/CC/C=C/CC/C=C/CCCCCCCCCC. The largest absolute Gasteiger partial charge is 0.397 e. The Morgan fingerprint density at radius 1 is 0.702 bits per heavy atom. The number of carbonyl (C=O) groups is 1. The number of aliphatic hydroxyl groups is 5. The predicted octanol–water partition coefficient (Wildman–Crippen LogP) is 6.68. The Balaban J connectivity index is 2.68. The lowest BCUT2D eigenvalue weighted by Crippen LogP contribution is -2.61. The first-order valence-corrected chi connectivity index (χ1v) is 23.0. The third-order valence-electron chi connectivity index (χ3n) is 9.92. The van der Waals surface area contributed by atoms with Crippen LogP contribution in [0, 0.1) is 0 Å². The number of ether oxygens (including phenoxy) is 2. The molecule has 1 aliphatic rings. The average Bonchev–Trinajstić information content (AvgIpc) is 3.18. The number of unbranched alkanes of at least 4 members (excludes halogenated alkanes) is 16. The van der Waals surface area contributed by atoms with Gasteiger partial charge in [-0.05, 0) is 64.2 Å². The number of carbonyl (C=O) groups excluding carboxylic acids is 1. The van der Waals surface area contributed by atoms with Crippen LogP contribution in [0.5, 0.6) is 0 Å². The van der Waals surface area contributed by atoms with Crippen molar-refractivity contribution < 1.29 is 57.0 Å². The van der Waals surface area contributed by atoms with Crippen LogP contribution in [0.3, 0.4) is 0 Å². The molecule has 1 heterocycles. The van der Waals surface area contributed by atoms with E-state index in [2.05, 4.69) is 59.8 Å². The average molecular weight is 832 g/mol. The third kappa shape index (κ3) is 26.7. The van der Waals surface area contributed by atoms with E-state index in [0.29, 0.717) is 12.8 Å². The fraction of sp³-hybridized carbons (Fsp3) is 0.791. The van der Waals surface area contributed by atoms with Gasteiger partial charge in [0, 0.05) is 0 Å². The molecule has 14 heteroatoms. The molecule has 0 aromatic heterocycles. The van der Waals surface area contributed by atoms with Crippen molar-refractivity contribution in [2.45, 2.75) is 204 Å². The van der Waals surface area contributed by atoms with E-state index < -0.39 is 78.5 Å². The molecular formula is C43H77NO12S. The van der Waals surface area contributed by atoms with Gasteiger partial charge in [-0.15, -0.1) is 0 Å². The Hall–Kier alpha value is -1.98. The van der Waals surface area contributed by atoms with Crippen LogP contribution in [-0.2, 0) is 28.9 Å². The zero-order valence-electron chi connectivity index (χ0n) is 34.7. The molecule has 8 unspecified atom stereocenters. The second-order valence-corrected chi connectivity index (χ2v) is 16.1. The molecule has 0 saturated carbocycles. The van der Waals surface area contributed by atoms with Crippen molar-refractivity contribution in [2.24, 2.45) is 0 Å². The van der Waals surface area contributed by atoms with E-state index in [0.717, 1.165) is 57.8 Å². The molecule has 0 aromatic rings.